The summed E-state index contributed by atoms with van der Waals surface area (Å²) in [6.07, 6.45) is -0.607. The van der Waals surface area contributed by atoms with Crippen LogP contribution < -0.4 is 5.32 Å². The average Bonchev–Trinajstić information content (AvgIpc) is 2.31. The Morgan fingerprint density at radius 3 is 2.72 bits per heavy atom. The van der Waals surface area contributed by atoms with Crippen molar-refractivity contribution in [2.75, 3.05) is 13.2 Å². The lowest BCUT2D eigenvalue weighted by atomic mass is 10.2. The van der Waals surface area contributed by atoms with E-state index in [0.29, 0.717) is 0 Å². The van der Waals surface area contributed by atoms with Crippen LogP contribution >= 0.6 is 0 Å². The summed E-state index contributed by atoms with van der Waals surface area (Å²) >= 11 is 0. The van der Waals surface area contributed by atoms with E-state index < -0.39 is 17.7 Å². The zero-order chi connectivity index (χ0) is 13.5. The Morgan fingerprint density at radius 1 is 1.33 bits per heavy atom. The van der Waals surface area contributed by atoms with Gasteiger partial charge in [-0.15, -0.1) is 0 Å². The number of hydrogen-bond acceptors (Lipinski definition) is 3. The van der Waals surface area contributed by atoms with Crippen molar-refractivity contribution in [1.82, 2.24) is 5.32 Å². The van der Waals surface area contributed by atoms with Crippen LogP contribution in [0.4, 0.5) is 8.78 Å². The van der Waals surface area contributed by atoms with Crippen molar-refractivity contribution in [2.24, 2.45) is 0 Å². The number of nitrogens with one attached hydrogen (secondary N) is 1. The zero-order valence-corrected chi connectivity index (χ0v) is 10.6. The standard InChI is InChI=1S/C13H19F2NO2/c1-9(2)18-8-12(17)7-16-6-10-5-11(14)3-4-13(10)15/h3-5,9,12,16-17H,6-8H2,1-2H3. The molecule has 0 aliphatic rings. The van der Waals surface area contributed by atoms with Crippen LogP contribution in [0.25, 0.3) is 0 Å². The summed E-state index contributed by atoms with van der Waals surface area (Å²) in [5.41, 5.74) is 0.243. The summed E-state index contributed by atoms with van der Waals surface area (Å²) < 4.78 is 31.4. The van der Waals surface area contributed by atoms with Crippen LogP contribution in [-0.2, 0) is 11.3 Å². The van der Waals surface area contributed by atoms with Gasteiger partial charge in [0.2, 0.25) is 0 Å². The third-order valence-corrected chi connectivity index (χ3v) is 2.33. The van der Waals surface area contributed by atoms with Crippen LogP contribution in [-0.4, -0.2) is 30.5 Å². The first-order chi connectivity index (χ1) is 8.49. The molecule has 1 aromatic carbocycles. The molecule has 0 radical (unpaired) electrons. The molecule has 0 saturated carbocycles. The maximum Gasteiger partial charge on any atom is 0.127 e. The third-order valence-electron chi connectivity index (χ3n) is 2.33. The second-order valence-electron chi connectivity index (χ2n) is 4.40. The summed E-state index contributed by atoms with van der Waals surface area (Å²) in [6.45, 7) is 4.41. The predicted molar refractivity (Wildman–Crippen MR) is 65.2 cm³/mol. The fourth-order valence-corrected chi connectivity index (χ4v) is 1.41. The first kappa shape index (κ1) is 15.0. The molecule has 0 heterocycles. The molecule has 18 heavy (non-hydrogen) atoms. The molecule has 2 N–H and O–H groups in total. The molecule has 0 fully saturated rings. The highest BCUT2D eigenvalue weighted by molar-refractivity contribution is 5.18. The predicted octanol–water partition coefficient (Wildman–Crippen LogP) is 1.84. The molecule has 0 spiro atoms. The van der Waals surface area contributed by atoms with Crippen molar-refractivity contribution in [3.8, 4) is 0 Å². The van der Waals surface area contributed by atoms with E-state index in [1.807, 2.05) is 13.8 Å². The van der Waals surface area contributed by atoms with Gasteiger partial charge in [-0.1, -0.05) is 0 Å². The van der Waals surface area contributed by atoms with Crippen molar-refractivity contribution >= 4 is 0 Å². The number of ether oxygens (including phenoxy) is 1. The Bertz CT molecular complexity index is 372. The summed E-state index contributed by atoms with van der Waals surface area (Å²) in [6, 6.07) is 3.30. The Balaban J connectivity index is 2.30. The molecule has 1 rings (SSSR count). The van der Waals surface area contributed by atoms with Crippen LogP contribution in [0.5, 0.6) is 0 Å². The number of aliphatic hydroxyl groups excluding tert-OH is 1. The van der Waals surface area contributed by atoms with Crippen molar-refractivity contribution < 1.29 is 18.6 Å². The lowest BCUT2D eigenvalue weighted by Crippen LogP contribution is -2.31. The molecule has 0 amide bonds. The molecule has 0 saturated heterocycles. The zero-order valence-electron chi connectivity index (χ0n) is 10.6. The molecule has 0 aliphatic heterocycles. The van der Waals surface area contributed by atoms with E-state index in [9.17, 15) is 13.9 Å². The largest absolute Gasteiger partial charge is 0.389 e. The second kappa shape index (κ2) is 7.41. The summed E-state index contributed by atoms with van der Waals surface area (Å²) in [4.78, 5) is 0. The second-order valence-corrected chi connectivity index (χ2v) is 4.40. The van der Waals surface area contributed by atoms with Gasteiger partial charge < -0.3 is 15.2 Å². The Hall–Kier alpha value is -1.04. The Morgan fingerprint density at radius 2 is 2.06 bits per heavy atom. The molecule has 5 heteroatoms. The lowest BCUT2D eigenvalue weighted by Gasteiger charge is -2.14. The number of halogens is 2. The van der Waals surface area contributed by atoms with E-state index in [0.717, 1.165) is 18.2 Å². The van der Waals surface area contributed by atoms with Gasteiger partial charge in [-0.05, 0) is 32.0 Å². The maximum atomic E-state index is 13.3. The highest BCUT2D eigenvalue weighted by Crippen LogP contribution is 2.09. The van der Waals surface area contributed by atoms with Gasteiger partial charge in [0.15, 0.2) is 0 Å². The van der Waals surface area contributed by atoms with Crippen molar-refractivity contribution in [1.29, 1.82) is 0 Å². The van der Waals surface area contributed by atoms with Gasteiger partial charge in [-0.2, -0.15) is 0 Å². The van der Waals surface area contributed by atoms with E-state index in [2.05, 4.69) is 5.32 Å². The molecule has 102 valence electrons. The normalized spacial score (nSPS) is 13.0. The molecule has 1 atom stereocenters. The van der Waals surface area contributed by atoms with Gasteiger partial charge in [-0.25, -0.2) is 8.78 Å². The van der Waals surface area contributed by atoms with E-state index in [-0.39, 0.29) is 31.4 Å². The average molecular weight is 259 g/mol. The number of rotatable bonds is 7. The molecule has 0 aromatic heterocycles. The van der Waals surface area contributed by atoms with E-state index >= 15 is 0 Å². The van der Waals surface area contributed by atoms with Crippen LogP contribution in [0.2, 0.25) is 0 Å². The number of aliphatic hydroxyl groups is 1. The quantitative estimate of drug-likeness (QED) is 0.785. The van der Waals surface area contributed by atoms with Crippen LogP contribution in [0.3, 0.4) is 0 Å². The van der Waals surface area contributed by atoms with Crippen LogP contribution in [0.1, 0.15) is 19.4 Å². The van der Waals surface area contributed by atoms with E-state index in [1.165, 1.54) is 0 Å². The molecular weight excluding hydrogens is 240 g/mol. The smallest absolute Gasteiger partial charge is 0.127 e. The van der Waals surface area contributed by atoms with Gasteiger partial charge in [-0.3, -0.25) is 0 Å². The fourth-order valence-electron chi connectivity index (χ4n) is 1.41. The van der Waals surface area contributed by atoms with Crippen molar-refractivity contribution in [2.45, 2.75) is 32.6 Å². The summed E-state index contributed by atoms with van der Waals surface area (Å²) in [5.74, 6) is -0.936. The van der Waals surface area contributed by atoms with Crippen LogP contribution in [0.15, 0.2) is 18.2 Å². The summed E-state index contributed by atoms with van der Waals surface area (Å²) in [7, 11) is 0. The van der Waals surface area contributed by atoms with Crippen molar-refractivity contribution in [3.05, 3.63) is 35.4 Å². The van der Waals surface area contributed by atoms with Gasteiger partial charge in [0, 0.05) is 18.7 Å². The lowest BCUT2D eigenvalue weighted by molar-refractivity contribution is 0.00628. The maximum absolute atomic E-state index is 13.3. The summed E-state index contributed by atoms with van der Waals surface area (Å²) in [5, 5.41) is 12.4. The first-order valence-electron chi connectivity index (χ1n) is 5.93. The Kier molecular flexibility index (Phi) is 6.18. The molecule has 0 aliphatic carbocycles. The minimum atomic E-state index is -0.663. The minimum absolute atomic E-state index is 0.0558. The Labute approximate surface area is 106 Å². The van der Waals surface area contributed by atoms with Crippen LogP contribution in [0, 0.1) is 11.6 Å². The molecule has 0 bridgehead atoms. The molecule has 3 nitrogen and oxygen atoms in total. The number of benzene rings is 1. The fraction of sp³-hybridized carbons (Fsp3) is 0.538. The topological polar surface area (TPSA) is 41.5 Å². The molecular formula is C13H19F2NO2. The van der Waals surface area contributed by atoms with Gasteiger partial charge in [0.05, 0.1) is 18.8 Å². The van der Waals surface area contributed by atoms with E-state index in [4.69, 9.17) is 4.74 Å². The highest BCUT2D eigenvalue weighted by Gasteiger charge is 2.07. The number of hydrogen-bond donors (Lipinski definition) is 2. The molecule has 1 aromatic rings. The minimum Gasteiger partial charge on any atom is -0.389 e. The van der Waals surface area contributed by atoms with Crippen molar-refractivity contribution in [3.63, 3.8) is 0 Å². The SMILES string of the molecule is CC(C)OCC(O)CNCc1cc(F)ccc1F. The molecule has 1 unspecified atom stereocenters. The first-order valence-corrected chi connectivity index (χ1v) is 5.93. The van der Waals surface area contributed by atoms with E-state index in [1.54, 1.807) is 0 Å². The monoisotopic (exact) mass is 259 g/mol. The third kappa shape index (κ3) is 5.53. The van der Waals surface area contributed by atoms with Gasteiger partial charge >= 0.3 is 0 Å². The van der Waals surface area contributed by atoms with Gasteiger partial charge in [0.25, 0.3) is 0 Å². The van der Waals surface area contributed by atoms with Gasteiger partial charge in [0.1, 0.15) is 11.6 Å². The highest BCUT2D eigenvalue weighted by atomic mass is 19.1.